The molecular weight excluding hydrogens is 396 g/mol. The van der Waals surface area contributed by atoms with Crippen LogP contribution in [-0.2, 0) is 9.53 Å². The summed E-state index contributed by atoms with van der Waals surface area (Å²) >= 11 is 1.56. The second-order valence-electron chi connectivity index (χ2n) is 9.60. The standard InChI is InChI=1S/C24H32N2O3S/c1-16(27)26-13-14-29-19(15-26)21-18-7-5-6-8-20(18)30-22(21)23(28)25-11-9-17(10-12-25)24(2,3)4/h5-8,17,19H,9-15H2,1-4H3/t19-/m0/s1. The van der Waals surface area contributed by atoms with Crippen molar-refractivity contribution in [3.8, 4) is 0 Å². The SMILES string of the molecule is CC(=O)N1CCO[C@H](c2c(C(=O)N3CCC(C(C)(C)C)CC3)sc3ccccc23)C1. The van der Waals surface area contributed by atoms with E-state index in [1.807, 2.05) is 21.9 Å². The molecule has 2 amide bonds. The maximum Gasteiger partial charge on any atom is 0.264 e. The minimum Gasteiger partial charge on any atom is -0.370 e. The van der Waals surface area contributed by atoms with Crippen molar-refractivity contribution < 1.29 is 14.3 Å². The number of rotatable bonds is 2. The lowest BCUT2D eigenvalue weighted by Crippen LogP contribution is -2.43. The summed E-state index contributed by atoms with van der Waals surface area (Å²) in [6.45, 7) is 11.7. The predicted molar refractivity (Wildman–Crippen MR) is 121 cm³/mol. The van der Waals surface area contributed by atoms with Crippen molar-refractivity contribution in [3.05, 3.63) is 34.7 Å². The fourth-order valence-corrected chi connectivity index (χ4v) is 5.97. The van der Waals surface area contributed by atoms with Crippen LogP contribution in [0.4, 0.5) is 0 Å². The number of hydrogen-bond acceptors (Lipinski definition) is 4. The van der Waals surface area contributed by atoms with E-state index in [2.05, 4.69) is 32.9 Å². The van der Waals surface area contributed by atoms with Crippen molar-refractivity contribution in [1.82, 2.24) is 9.80 Å². The van der Waals surface area contributed by atoms with Crippen molar-refractivity contribution in [3.63, 3.8) is 0 Å². The first kappa shape index (κ1) is 21.3. The molecule has 0 bridgehead atoms. The molecule has 0 aliphatic carbocycles. The number of amides is 2. The Morgan fingerprint density at radius 1 is 1.07 bits per heavy atom. The highest BCUT2D eigenvalue weighted by molar-refractivity contribution is 7.21. The molecule has 1 atom stereocenters. The molecular formula is C24H32N2O3S. The number of thiophene rings is 1. The first-order valence-electron chi connectivity index (χ1n) is 10.9. The van der Waals surface area contributed by atoms with E-state index in [0.717, 1.165) is 46.5 Å². The summed E-state index contributed by atoms with van der Waals surface area (Å²) in [6.07, 6.45) is 1.84. The van der Waals surface area contributed by atoms with Gasteiger partial charge in [0.15, 0.2) is 0 Å². The normalized spacial score (nSPS) is 21.3. The summed E-state index contributed by atoms with van der Waals surface area (Å²) in [5.41, 5.74) is 1.24. The second kappa shape index (κ2) is 8.31. The van der Waals surface area contributed by atoms with Crippen molar-refractivity contribution in [2.45, 2.75) is 46.6 Å². The highest BCUT2D eigenvalue weighted by Crippen LogP contribution is 2.40. The fourth-order valence-electron chi connectivity index (χ4n) is 4.75. The number of nitrogens with zero attached hydrogens (tertiary/aromatic N) is 2. The third-order valence-electron chi connectivity index (χ3n) is 6.67. The average molecular weight is 429 g/mol. The highest BCUT2D eigenvalue weighted by atomic mass is 32.1. The second-order valence-corrected chi connectivity index (χ2v) is 10.7. The van der Waals surface area contributed by atoms with E-state index in [4.69, 9.17) is 4.74 Å². The summed E-state index contributed by atoms with van der Waals surface area (Å²) < 4.78 is 7.19. The first-order valence-corrected chi connectivity index (χ1v) is 11.7. The zero-order valence-electron chi connectivity index (χ0n) is 18.4. The molecule has 2 aromatic rings. The lowest BCUT2D eigenvalue weighted by molar-refractivity contribution is -0.136. The minimum absolute atomic E-state index is 0.0555. The van der Waals surface area contributed by atoms with Crippen molar-refractivity contribution in [2.75, 3.05) is 32.8 Å². The van der Waals surface area contributed by atoms with Crippen LogP contribution in [0, 0.1) is 11.3 Å². The van der Waals surface area contributed by atoms with Crippen molar-refractivity contribution >= 4 is 33.2 Å². The van der Waals surface area contributed by atoms with Crippen LogP contribution in [0.2, 0.25) is 0 Å². The van der Waals surface area contributed by atoms with Gasteiger partial charge in [-0.2, -0.15) is 0 Å². The molecule has 30 heavy (non-hydrogen) atoms. The smallest absolute Gasteiger partial charge is 0.264 e. The number of morpholine rings is 1. The lowest BCUT2D eigenvalue weighted by atomic mass is 9.75. The van der Waals surface area contributed by atoms with E-state index in [0.29, 0.717) is 25.6 Å². The number of fused-ring (bicyclic) bond motifs is 1. The molecule has 4 rings (SSSR count). The monoisotopic (exact) mass is 428 g/mol. The van der Waals surface area contributed by atoms with E-state index in [-0.39, 0.29) is 23.3 Å². The third-order valence-corrected chi connectivity index (χ3v) is 7.84. The summed E-state index contributed by atoms with van der Waals surface area (Å²) in [4.78, 5) is 30.2. The Hall–Kier alpha value is -1.92. The zero-order chi connectivity index (χ0) is 21.5. The topological polar surface area (TPSA) is 49.9 Å². The van der Waals surface area contributed by atoms with Crippen LogP contribution in [0.1, 0.15) is 61.9 Å². The molecule has 0 unspecified atom stereocenters. The Balaban J connectivity index is 1.64. The van der Waals surface area contributed by atoms with Crippen LogP contribution < -0.4 is 0 Å². The molecule has 5 nitrogen and oxygen atoms in total. The number of hydrogen-bond donors (Lipinski definition) is 0. The summed E-state index contributed by atoms with van der Waals surface area (Å²) in [5, 5.41) is 1.07. The maximum atomic E-state index is 13.6. The Bertz CT molecular complexity index is 938. The van der Waals surface area contributed by atoms with Gasteiger partial charge in [-0.15, -0.1) is 11.3 Å². The van der Waals surface area contributed by atoms with Gasteiger partial charge >= 0.3 is 0 Å². The number of likely N-dealkylation sites (tertiary alicyclic amines) is 1. The van der Waals surface area contributed by atoms with Gasteiger partial charge in [0.05, 0.1) is 18.0 Å². The molecule has 2 aliphatic rings. The van der Waals surface area contributed by atoms with Gasteiger partial charge in [-0.25, -0.2) is 0 Å². The minimum atomic E-state index is -0.259. The Morgan fingerprint density at radius 3 is 2.43 bits per heavy atom. The van der Waals surface area contributed by atoms with Gasteiger partial charge in [-0.1, -0.05) is 39.0 Å². The number of piperidine rings is 1. The molecule has 2 fully saturated rings. The molecule has 0 N–H and O–H groups in total. The molecule has 1 aromatic heterocycles. The molecule has 162 valence electrons. The molecule has 2 aliphatic heterocycles. The largest absolute Gasteiger partial charge is 0.370 e. The number of carbonyl (C=O) groups excluding carboxylic acids is 2. The van der Waals surface area contributed by atoms with Gasteiger partial charge in [0.2, 0.25) is 5.91 Å². The molecule has 2 saturated heterocycles. The molecule has 0 radical (unpaired) electrons. The molecule has 6 heteroatoms. The maximum absolute atomic E-state index is 13.6. The van der Waals surface area contributed by atoms with Crippen LogP contribution in [0.5, 0.6) is 0 Å². The van der Waals surface area contributed by atoms with Gasteiger partial charge < -0.3 is 14.5 Å². The van der Waals surface area contributed by atoms with Gasteiger partial charge in [0.25, 0.3) is 5.91 Å². The number of carbonyl (C=O) groups is 2. The van der Waals surface area contributed by atoms with Crippen molar-refractivity contribution in [2.24, 2.45) is 11.3 Å². The molecule has 1 aromatic carbocycles. The average Bonchev–Trinajstić information content (AvgIpc) is 3.12. The third kappa shape index (κ3) is 4.12. The first-order chi connectivity index (χ1) is 14.3. The van der Waals surface area contributed by atoms with Gasteiger partial charge in [0.1, 0.15) is 6.10 Å². The molecule has 0 spiro atoms. The summed E-state index contributed by atoms with van der Waals surface area (Å²) in [7, 11) is 0. The zero-order valence-corrected chi connectivity index (χ0v) is 19.3. The van der Waals surface area contributed by atoms with Crippen LogP contribution in [0.3, 0.4) is 0 Å². The van der Waals surface area contributed by atoms with E-state index in [1.54, 1.807) is 18.3 Å². The number of benzene rings is 1. The highest BCUT2D eigenvalue weighted by Gasteiger charge is 2.35. The molecule has 0 saturated carbocycles. The van der Waals surface area contributed by atoms with Crippen LogP contribution in [-0.4, -0.2) is 54.4 Å². The Morgan fingerprint density at radius 2 is 1.77 bits per heavy atom. The van der Waals surface area contributed by atoms with E-state index in [9.17, 15) is 9.59 Å². The lowest BCUT2D eigenvalue weighted by Gasteiger charge is -2.39. The Labute approximate surface area is 183 Å². The summed E-state index contributed by atoms with van der Waals surface area (Å²) in [5.74, 6) is 0.816. The molecule has 3 heterocycles. The van der Waals surface area contributed by atoms with Gasteiger partial charge in [0, 0.05) is 36.8 Å². The van der Waals surface area contributed by atoms with Gasteiger partial charge in [-0.05, 0) is 35.6 Å². The summed E-state index contributed by atoms with van der Waals surface area (Å²) in [6, 6.07) is 8.15. The van der Waals surface area contributed by atoms with Crippen LogP contribution >= 0.6 is 11.3 Å². The predicted octanol–water partition coefficient (Wildman–Crippen LogP) is 4.72. The van der Waals surface area contributed by atoms with E-state index in [1.165, 1.54) is 0 Å². The number of ether oxygens (including phenoxy) is 1. The fraction of sp³-hybridized carbons (Fsp3) is 0.583. The van der Waals surface area contributed by atoms with Crippen LogP contribution in [0.15, 0.2) is 24.3 Å². The van der Waals surface area contributed by atoms with E-state index >= 15 is 0 Å². The van der Waals surface area contributed by atoms with Crippen LogP contribution in [0.25, 0.3) is 10.1 Å². The van der Waals surface area contributed by atoms with Gasteiger partial charge in [-0.3, -0.25) is 9.59 Å². The van der Waals surface area contributed by atoms with Crippen molar-refractivity contribution in [1.29, 1.82) is 0 Å². The quantitative estimate of drug-likeness (QED) is 0.695. The Kier molecular flexibility index (Phi) is 5.90. The van der Waals surface area contributed by atoms with E-state index < -0.39 is 0 Å².